The fraction of sp³-hybridized carbons (Fsp3) is 0.385. The second-order valence-corrected chi connectivity index (χ2v) is 5.28. The van der Waals surface area contributed by atoms with Gasteiger partial charge in [-0.25, -0.2) is 4.39 Å². The lowest BCUT2D eigenvalue weighted by molar-refractivity contribution is -0.385. The van der Waals surface area contributed by atoms with Crippen molar-refractivity contribution in [3.63, 3.8) is 0 Å². The quantitative estimate of drug-likeness (QED) is 0.676. The molecular formula is C13H15FN2O4. The number of carbonyl (C=O) groups is 2. The van der Waals surface area contributed by atoms with Crippen LogP contribution < -0.4 is 5.32 Å². The van der Waals surface area contributed by atoms with Crippen molar-refractivity contribution < 1.29 is 18.9 Å². The van der Waals surface area contributed by atoms with Gasteiger partial charge in [-0.05, 0) is 6.07 Å². The third-order valence-electron chi connectivity index (χ3n) is 2.65. The van der Waals surface area contributed by atoms with E-state index in [9.17, 15) is 24.1 Å². The Morgan fingerprint density at radius 2 is 1.95 bits per heavy atom. The first-order valence-electron chi connectivity index (χ1n) is 5.88. The predicted molar refractivity (Wildman–Crippen MR) is 69.8 cm³/mol. The summed E-state index contributed by atoms with van der Waals surface area (Å²) in [4.78, 5) is 33.0. The van der Waals surface area contributed by atoms with E-state index >= 15 is 0 Å². The van der Waals surface area contributed by atoms with Gasteiger partial charge < -0.3 is 5.32 Å². The Hall–Kier alpha value is -2.31. The molecule has 0 saturated carbocycles. The fourth-order valence-electron chi connectivity index (χ4n) is 1.32. The lowest BCUT2D eigenvalue weighted by Gasteiger charge is -2.16. The number of benzene rings is 1. The second-order valence-electron chi connectivity index (χ2n) is 5.28. The summed E-state index contributed by atoms with van der Waals surface area (Å²) in [6.45, 7) is 4.88. The Morgan fingerprint density at radius 3 is 2.40 bits per heavy atom. The molecule has 0 aromatic heterocycles. The highest BCUT2D eigenvalue weighted by Gasteiger charge is 2.22. The second kappa shape index (κ2) is 5.77. The van der Waals surface area contributed by atoms with E-state index in [1.165, 1.54) is 0 Å². The summed E-state index contributed by atoms with van der Waals surface area (Å²) in [5.74, 6) is -1.98. The van der Waals surface area contributed by atoms with Crippen molar-refractivity contribution in [2.75, 3.05) is 6.54 Å². The summed E-state index contributed by atoms with van der Waals surface area (Å²) in [5, 5.41) is 12.7. The lowest BCUT2D eigenvalue weighted by Crippen LogP contribution is -2.35. The maximum atomic E-state index is 13.6. The van der Waals surface area contributed by atoms with Crippen LogP contribution in [0.5, 0.6) is 0 Å². The molecule has 1 amide bonds. The van der Waals surface area contributed by atoms with E-state index in [1.807, 2.05) is 0 Å². The normalized spacial score (nSPS) is 11.0. The molecule has 0 heterocycles. The van der Waals surface area contributed by atoms with Gasteiger partial charge in [-0.15, -0.1) is 0 Å². The molecular weight excluding hydrogens is 267 g/mol. The summed E-state index contributed by atoms with van der Waals surface area (Å²) in [6, 6.07) is 2.72. The van der Waals surface area contributed by atoms with Crippen molar-refractivity contribution in [2.24, 2.45) is 5.41 Å². The van der Waals surface area contributed by atoms with Crippen LogP contribution in [0, 0.1) is 21.3 Å². The SMILES string of the molecule is CC(C)(C)C(=O)CNC(=O)c1ccc([N+](=O)[O-])cc1F. The monoisotopic (exact) mass is 282 g/mol. The van der Waals surface area contributed by atoms with Gasteiger partial charge >= 0.3 is 0 Å². The molecule has 0 aliphatic rings. The molecule has 1 aromatic rings. The number of hydrogen-bond acceptors (Lipinski definition) is 4. The van der Waals surface area contributed by atoms with Crippen LogP contribution >= 0.6 is 0 Å². The molecule has 0 aliphatic carbocycles. The Balaban J connectivity index is 2.79. The van der Waals surface area contributed by atoms with Crippen molar-refractivity contribution in [3.8, 4) is 0 Å². The average Bonchev–Trinajstić information content (AvgIpc) is 2.33. The number of carbonyl (C=O) groups excluding carboxylic acids is 2. The number of non-ortho nitro benzene ring substituents is 1. The van der Waals surface area contributed by atoms with Gasteiger partial charge in [0.25, 0.3) is 11.6 Å². The smallest absolute Gasteiger partial charge is 0.272 e. The number of hydrogen-bond donors (Lipinski definition) is 1. The molecule has 0 saturated heterocycles. The molecule has 0 atom stereocenters. The maximum absolute atomic E-state index is 13.6. The third kappa shape index (κ3) is 3.84. The van der Waals surface area contributed by atoms with E-state index in [0.29, 0.717) is 6.07 Å². The lowest BCUT2D eigenvalue weighted by atomic mass is 9.91. The van der Waals surface area contributed by atoms with Crippen molar-refractivity contribution in [1.82, 2.24) is 5.32 Å². The zero-order valence-electron chi connectivity index (χ0n) is 11.4. The van der Waals surface area contributed by atoms with Gasteiger partial charge in [0.05, 0.1) is 23.1 Å². The van der Waals surface area contributed by atoms with Crippen LogP contribution in [0.25, 0.3) is 0 Å². The molecule has 0 fully saturated rings. The first-order chi connectivity index (χ1) is 9.12. The van der Waals surface area contributed by atoms with Crippen LogP contribution in [-0.4, -0.2) is 23.2 Å². The summed E-state index contributed by atoms with van der Waals surface area (Å²) < 4.78 is 13.6. The van der Waals surface area contributed by atoms with Crippen LogP contribution in [0.3, 0.4) is 0 Å². The van der Waals surface area contributed by atoms with Crippen molar-refractivity contribution in [2.45, 2.75) is 20.8 Å². The molecule has 108 valence electrons. The highest BCUT2D eigenvalue weighted by molar-refractivity contribution is 5.97. The topological polar surface area (TPSA) is 89.3 Å². The van der Waals surface area contributed by atoms with Crippen molar-refractivity contribution >= 4 is 17.4 Å². The number of nitro benzene ring substituents is 1. The molecule has 0 unspecified atom stereocenters. The van der Waals surface area contributed by atoms with Gasteiger partial charge in [0, 0.05) is 11.5 Å². The summed E-state index contributed by atoms with van der Waals surface area (Å²) in [6.07, 6.45) is 0. The van der Waals surface area contributed by atoms with E-state index in [4.69, 9.17) is 0 Å². The van der Waals surface area contributed by atoms with Crippen LogP contribution in [0.1, 0.15) is 31.1 Å². The number of amides is 1. The third-order valence-corrected chi connectivity index (χ3v) is 2.65. The zero-order chi connectivity index (χ0) is 15.5. The maximum Gasteiger partial charge on any atom is 0.272 e. The number of nitrogens with zero attached hydrogens (tertiary/aromatic N) is 1. The molecule has 0 spiro atoms. The minimum Gasteiger partial charge on any atom is -0.345 e. The van der Waals surface area contributed by atoms with Crippen LogP contribution in [0.15, 0.2) is 18.2 Å². The van der Waals surface area contributed by atoms with Crippen molar-refractivity contribution in [3.05, 3.63) is 39.7 Å². The van der Waals surface area contributed by atoms with E-state index in [1.54, 1.807) is 20.8 Å². The zero-order valence-corrected chi connectivity index (χ0v) is 11.4. The molecule has 1 aromatic carbocycles. The Kier molecular flexibility index (Phi) is 4.54. The Labute approximate surface area is 115 Å². The molecule has 1 rings (SSSR count). The molecule has 20 heavy (non-hydrogen) atoms. The van der Waals surface area contributed by atoms with Crippen molar-refractivity contribution in [1.29, 1.82) is 0 Å². The highest BCUT2D eigenvalue weighted by Crippen LogP contribution is 2.17. The molecule has 0 aliphatic heterocycles. The summed E-state index contributed by atoms with van der Waals surface area (Å²) in [5.41, 5.74) is -1.39. The van der Waals surface area contributed by atoms with Gasteiger partial charge in [0.15, 0.2) is 5.78 Å². The first-order valence-corrected chi connectivity index (χ1v) is 5.88. The summed E-state index contributed by atoms with van der Waals surface area (Å²) in [7, 11) is 0. The van der Waals surface area contributed by atoms with Gasteiger partial charge in [-0.1, -0.05) is 20.8 Å². The number of ketones is 1. The molecule has 0 bridgehead atoms. The van der Waals surface area contributed by atoms with E-state index < -0.39 is 27.8 Å². The van der Waals surface area contributed by atoms with Gasteiger partial charge in [0.2, 0.25) is 0 Å². The average molecular weight is 282 g/mol. The van der Waals surface area contributed by atoms with E-state index in [0.717, 1.165) is 12.1 Å². The standard InChI is InChI=1S/C13H15FN2O4/c1-13(2,3)11(17)7-15-12(18)9-5-4-8(16(19)20)6-10(9)14/h4-6H,7H2,1-3H3,(H,15,18). The Morgan fingerprint density at radius 1 is 1.35 bits per heavy atom. The number of Topliss-reactive ketones (excluding diaryl/α,β-unsaturated/α-hetero) is 1. The molecule has 0 radical (unpaired) electrons. The first kappa shape index (κ1) is 15.7. The van der Waals surface area contributed by atoms with E-state index in [2.05, 4.69) is 5.32 Å². The number of nitrogens with one attached hydrogen (secondary N) is 1. The highest BCUT2D eigenvalue weighted by atomic mass is 19.1. The summed E-state index contributed by atoms with van der Waals surface area (Å²) >= 11 is 0. The Bertz CT molecular complexity index is 564. The number of halogens is 1. The molecule has 1 N–H and O–H groups in total. The molecule has 7 heteroatoms. The minimum absolute atomic E-state index is 0.201. The van der Waals surface area contributed by atoms with Gasteiger partial charge in [0.1, 0.15) is 5.82 Å². The largest absolute Gasteiger partial charge is 0.345 e. The molecule has 6 nitrogen and oxygen atoms in total. The van der Waals surface area contributed by atoms with Crippen LogP contribution in [-0.2, 0) is 4.79 Å². The predicted octanol–water partition coefficient (Wildman–Crippen LogP) is 2.08. The minimum atomic E-state index is -1.00. The van der Waals surface area contributed by atoms with Crippen LogP contribution in [0.2, 0.25) is 0 Å². The van der Waals surface area contributed by atoms with Gasteiger partial charge in [-0.2, -0.15) is 0 Å². The fourth-order valence-corrected chi connectivity index (χ4v) is 1.32. The van der Waals surface area contributed by atoms with Crippen LogP contribution in [0.4, 0.5) is 10.1 Å². The van der Waals surface area contributed by atoms with E-state index in [-0.39, 0.29) is 17.9 Å². The van der Waals surface area contributed by atoms with Gasteiger partial charge in [-0.3, -0.25) is 19.7 Å². The number of nitro groups is 1. The number of rotatable bonds is 4.